The van der Waals surface area contributed by atoms with E-state index in [0.29, 0.717) is 13.2 Å². The topological polar surface area (TPSA) is 38.5 Å². The largest absolute Gasteiger partial charge is 0.494 e. The lowest BCUT2D eigenvalue weighted by Crippen LogP contribution is -2.20. The van der Waals surface area contributed by atoms with Gasteiger partial charge in [-0.05, 0) is 36.7 Å². The van der Waals surface area contributed by atoms with Gasteiger partial charge in [-0.3, -0.25) is 4.90 Å². The van der Waals surface area contributed by atoms with E-state index in [2.05, 4.69) is 65.5 Å². The molecular weight excluding hydrogens is 384 g/mol. The number of hydrogen-bond acceptors (Lipinski definition) is 4. The third-order valence-corrected chi connectivity index (χ3v) is 5.21. The van der Waals surface area contributed by atoms with Crippen LogP contribution in [-0.4, -0.2) is 30.1 Å². The average Bonchev–Trinajstić information content (AvgIpc) is 3.27. The van der Waals surface area contributed by atoms with Gasteiger partial charge in [0.05, 0.1) is 25.3 Å². The fraction of sp³-hybridized carbons (Fsp3) is 0.222. The molecule has 0 atom stereocenters. The van der Waals surface area contributed by atoms with Crippen LogP contribution in [0.3, 0.4) is 0 Å². The SMILES string of the molecule is CN(CCCOc1ccccc1)Cc1cnc(C(c2ccccc2)c2ccccc2)o1. The van der Waals surface area contributed by atoms with Crippen LogP contribution >= 0.6 is 0 Å². The van der Waals surface area contributed by atoms with Crippen molar-refractivity contribution in [3.8, 4) is 5.75 Å². The van der Waals surface area contributed by atoms with Gasteiger partial charge in [-0.25, -0.2) is 4.98 Å². The second-order valence-corrected chi connectivity index (χ2v) is 7.67. The molecule has 3 aromatic carbocycles. The molecule has 4 aromatic rings. The average molecular weight is 413 g/mol. The van der Waals surface area contributed by atoms with Gasteiger partial charge >= 0.3 is 0 Å². The van der Waals surface area contributed by atoms with Crippen LogP contribution in [0.15, 0.2) is 102 Å². The molecule has 0 aliphatic heterocycles. The van der Waals surface area contributed by atoms with Gasteiger partial charge in [-0.2, -0.15) is 0 Å². The van der Waals surface area contributed by atoms with E-state index >= 15 is 0 Å². The maximum absolute atomic E-state index is 6.22. The maximum Gasteiger partial charge on any atom is 0.206 e. The van der Waals surface area contributed by atoms with Crippen molar-refractivity contribution in [1.29, 1.82) is 0 Å². The number of hydrogen-bond donors (Lipinski definition) is 0. The highest BCUT2D eigenvalue weighted by Gasteiger charge is 2.22. The van der Waals surface area contributed by atoms with Crippen molar-refractivity contribution in [1.82, 2.24) is 9.88 Å². The molecule has 4 heteroatoms. The van der Waals surface area contributed by atoms with Gasteiger partial charge in [-0.15, -0.1) is 0 Å². The number of ether oxygens (including phenoxy) is 1. The Morgan fingerprint density at radius 3 is 2.03 bits per heavy atom. The summed E-state index contributed by atoms with van der Waals surface area (Å²) in [6.07, 6.45) is 2.80. The molecule has 0 saturated carbocycles. The summed E-state index contributed by atoms with van der Waals surface area (Å²) in [7, 11) is 2.09. The lowest BCUT2D eigenvalue weighted by molar-refractivity contribution is 0.245. The molecule has 0 spiro atoms. The summed E-state index contributed by atoms with van der Waals surface area (Å²) < 4.78 is 12.0. The summed E-state index contributed by atoms with van der Waals surface area (Å²) >= 11 is 0. The smallest absolute Gasteiger partial charge is 0.206 e. The number of aromatic nitrogens is 1. The van der Waals surface area contributed by atoms with Crippen LogP contribution in [0.2, 0.25) is 0 Å². The van der Waals surface area contributed by atoms with Crippen molar-refractivity contribution in [3.63, 3.8) is 0 Å². The van der Waals surface area contributed by atoms with E-state index in [4.69, 9.17) is 9.15 Å². The molecule has 4 rings (SSSR count). The standard InChI is InChI=1S/C27H28N2O2/c1-29(18-11-19-30-24-16-9-4-10-17-24)21-25-20-28-27(31-25)26(22-12-5-2-6-13-22)23-14-7-3-8-15-23/h2-10,12-17,20,26H,11,18-19,21H2,1H3. The molecule has 0 fully saturated rings. The number of para-hydroxylation sites is 1. The zero-order chi connectivity index (χ0) is 21.3. The first-order valence-corrected chi connectivity index (χ1v) is 10.7. The van der Waals surface area contributed by atoms with Crippen molar-refractivity contribution in [2.24, 2.45) is 0 Å². The number of benzene rings is 3. The summed E-state index contributed by atoms with van der Waals surface area (Å²) in [5.74, 6) is 2.50. The predicted octanol–water partition coefficient (Wildman–Crippen LogP) is 5.76. The first kappa shape index (κ1) is 20.9. The third-order valence-electron chi connectivity index (χ3n) is 5.21. The number of nitrogens with zero attached hydrogens (tertiary/aromatic N) is 2. The quantitative estimate of drug-likeness (QED) is 0.311. The number of oxazole rings is 1. The van der Waals surface area contributed by atoms with Crippen LogP contribution in [-0.2, 0) is 6.54 Å². The van der Waals surface area contributed by atoms with Crippen LogP contribution in [0.25, 0.3) is 0 Å². The Balaban J connectivity index is 1.37. The van der Waals surface area contributed by atoms with Crippen molar-refractivity contribution >= 4 is 0 Å². The van der Waals surface area contributed by atoms with E-state index in [1.54, 1.807) is 0 Å². The van der Waals surface area contributed by atoms with Crippen molar-refractivity contribution in [2.75, 3.05) is 20.2 Å². The van der Waals surface area contributed by atoms with Crippen LogP contribution in [0.4, 0.5) is 0 Å². The molecule has 0 N–H and O–H groups in total. The van der Waals surface area contributed by atoms with E-state index in [9.17, 15) is 0 Å². The Kier molecular flexibility index (Phi) is 7.14. The molecule has 0 unspecified atom stereocenters. The second kappa shape index (κ2) is 10.6. The minimum absolute atomic E-state index is 0.0132. The molecule has 0 radical (unpaired) electrons. The molecule has 4 nitrogen and oxygen atoms in total. The van der Waals surface area contributed by atoms with E-state index in [1.807, 2.05) is 48.7 Å². The molecule has 0 aliphatic carbocycles. The van der Waals surface area contributed by atoms with E-state index in [0.717, 1.165) is 30.4 Å². The normalized spacial score (nSPS) is 11.2. The highest BCUT2D eigenvalue weighted by molar-refractivity contribution is 5.37. The van der Waals surface area contributed by atoms with Gasteiger partial charge in [-0.1, -0.05) is 78.9 Å². The molecule has 0 aliphatic rings. The molecule has 1 heterocycles. The van der Waals surface area contributed by atoms with Gasteiger partial charge in [0.15, 0.2) is 0 Å². The Hall–Kier alpha value is -3.37. The Morgan fingerprint density at radius 1 is 0.839 bits per heavy atom. The van der Waals surface area contributed by atoms with Crippen molar-refractivity contribution in [2.45, 2.75) is 18.9 Å². The Morgan fingerprint density at radius 2 is 1.42 bits per heavy atom. The molecule has 0 saturated heterocycles. The molecule has 158 valence electrons. The fourth-order valence-electron chi connectivity index (χ4n) is 3.68. The highest BCUT2D eigenvalue weighted by Crippen LogP contribution is 2.31. The molecule has 31 heavy (non-hydrogen) atoms. The summed E-state index contributed by atoms with van der Waals surface area (Å²) in [4.78, 5) is 6.88. The first-order chi connectivity index (χ1) is 15.3. The van der Waals surface area contributed by atoms with E-state index in [1.165, 1.54) is 11.1 Å². The van der Waals surface area contributed by atoms with Gasteiger partial charge in [0.1, 0.15) is 11.5 Å². The third kappa shape index (κ3) is 5.83. The van der Waals surface area contributed by atoms with Gasteiger partial charge in [0.25, 0.3) is 0 Å². The molecule has 0 bridgehead atoms. The van der Waals surface area contributed by atoms with Gasteiger partial charge < -0.3 is 9.15 Å². The van der Waals surface area contributed by atoms with Gasteiger partial charge in [0.2, 0.25) is 5.89 Å². The summed E-state index contributed by atoms with van der Waals surface area (Å²) in [6, 6.07) is 30.7. The highest BCUT2D eigenvalue weighted by atomic mass is 16.5. The van der Waals surface area contributed by atoms with Crippen LogP contribution in [0.5, 0.6) is 5.75 Å². The minimum atomic E-state index is -0.0132. The van der Waals surface area contributed by atoms with Crippen LogP contribution < -0.4 is 4.74 Å². The monoisotopic (exact) mass is 412 g/mol. The molecule has 1 aromatic heterocycles. The van der Waals surface area contributed by atoms with E-state index < -0.39 is 0 Å². The van der Waals surface area contributed by atoms with Crippen LogP contribution in [0, 0.1) is 0 Å². The molecule has 0 amide bonds. The summed E-state index contributed by atoms with van der Waals surface area (Å²) in [6.45, 7) is 2.33. The summed E-state index contributed by atoms with van der Waals surface area (Å²) in [5, 5.41) is 0. The Bertz CT molecular complexity index is 993. The predicted molar refractivity (Wildman–Crippen MR) is 123 cm³/mol. The number of rotatable bonds is 10. The zero-order valence-corrected chi connectivity index (χ0v) is 17.9. The zero-order valence-electron chi connectivity index (χ0n) is 17.9. The fourth-order valence-corrected chi connectivity index (χ4v) is 3.68. The van der Waals surface area contributed by atoms with Crippen molar-refractivity contribution in [3.05, 3.63) is 120 Å². The van der Waals surface area contributed by atoms with Gasteiger partial charge in [0, 0.05) is 6.54 Å². The lowest BCUT2D eigenvalue weighted by Gasteiger charge is -2.16. The second-order valence-electron chi connectivity index (χ2n) is 7.67. The minimum Gasteiger partial charge on any atom is -0.494 e. The molecular formula is C27H28N2O2. The van der Waals surface area contributed by atoms with Crippen LogP contribution in [0.1, 0.15) is 35.1 Å². The lowest BCUT2D eigenvalue weighted by atomic mass is 9.91. The summed E-state index contributed by atoms with van der Waals surface area (Å²) in [5.41, 5.74) is 2.35. The van der Waals surface area contributed by atoms with Crippen molar-refractivity contribution < 1.29 is 9.15 Å². The Labute approximate surface area is 184 Å². The maximum atomic E-state index is 6.22. The first-order valence-electron chi connectivity index (χ1n) is 10.7. The van der Waals surface area contributed by atoms with E-state index in [-0.39, 0.29) is 5.92 Å².